The molecule has 3 nitrogen and oxygen atoms in total. The Morgan fingerprint density at radius 2 is 2.05 bits per heavy atom. The van der Waals surface area contributed by atoms with E-state index in [0.717, 1.165) is 28.7 Å². The van der Waals surface area contributed by atoms with Crippen molar-refractivity contribution in [3.8, 4) is 11.4 Å². The van der Waals surface area contributed by atoms with Crippen LogP contribution < -0.4 is 4.74 Å². The van der Waals surface area contributed by atoms with Gasteiger partial charge in [0.1, 0.15) is 5.75 Å². The van der Waals surface area contributed by atoms with Crippen LogP contribution in [-0.2, 0) is 5.60 Å². The summed E-state index contributed by atoms with van der Waals surface area (Å²) in [6.07, 6.45) is 2.06. The minimum Gasteiger partial charge on any atom is -0.478 e. The van der Waals surface area contributed by atoms with Gasteiger partial charge in [-0.25, -0.2) is 0 Å². The van der Waals surface area contributed by atoms with Crippen LogP contribution in [0.15, 0.2) is 36.5 Å². The number of aromatic nitrogens is 1. The Labute approximate surface area is 130 Å². The molecule has 0 bridgehead atoms. The number of ether oxygens (including phenoxy) is 1. The minimum atomic E-state index is -0.353. The molecule has 1 aromatic carbocycles. The molecule has 108 valence electrons. The summed E-state index contributed by atoms with van der Waals surface area (Å²) in [4.78, 5) is 2.14. The molecule has 0 fully saturated rings. The van der Waals surface area contributed by atoms with Gasteiger partial charge in [0.2, 0.25) is 0 Å². The highest BCUT2D eigenvalue weighted by molar-refractivity contribution is 6.30. The van der Waals surface area contributed by atoms with Crippen molar-refractivity contribution in [2.24, 2.45) is 0 Å². The van der Waals surface area contributed by atoms with Gasteiger partial charge in [0.15, 0.2) is 5.60 Å². The molecule has 3 rings (SSSR count). The summed E-state index contributed by atoms with van der Waals surface area (Å²) >= 11 is 6.09. The lowest BCUT2D eigenvalue weighted by atomic mass is 9.99. The van der Waals surface area contributed by atoms with Crippen molar-refractivity contribution in [2.75, 3.05) is 20.6 Å². The lowest BCUT2D eigenvalue weighted by Crippen LogP contribution is -2.43. The van der Waals surface area contributed by atoms with Crippen molar-refractivity contribution in [1.82, 2.24) is 9.47 Å². The van der Waals surface area contributed by atoms with Crippen molar-refractivity contribution < 1.29 is 4.74 Å². The van der Waals surface area contributed by atoms with Crippen LogP contribution in [0.2, 0.25) is 5.02 Å². The summed E-state index contributed by atoms with van der Waals surface area (Å²) in [6, 6.07) is 9.89. The maximum absolute atomic E-state index is 6.25. The van der Waals surface area contributed by atoms with Gasteiger partial charge in [-0.3, -0.25) is 0 Å². The normalized spacial score (nSPS) is 19.9. The van der Waals surface area contributed by atoms with Crippen LogP contribution >= 0.6 is 24.0 Å². The maximum atomic E-state index is 6.25. The minimum absolute atomic E-state index is 0. The molecule has 20 heavy (non-hydrogen) atoms. The number of hydrogen-bond donors (Lipinski definition) is 0. The topological polar surface area (TPSA) is 17.4 Å². The molecule has 0 aliphatic carbocycles. The standard InChI is InChI=1S/C15H17ClN2O.ClH/c1-15(10-17(2)3)14-5-4-8-18(14)12-9-11(16)6-7-13(12)19-15;/h4-9H,10H2,1-3H3;1H. The molecule has 0 saturated carbocycles. The third-order valence-electron chi connectivity index (χ3n) is 3.42. The molecule has 1 aliphatic rings. The van der Waals surface area contributed by atoms with Crippen molar-refractivity contribution in [3.05, 3.63) is 47.2 Å². The SMILES string of the molecule is CN(C)CC1(C)Oc2ccc(Cl)cc2-n2cccc21.Cl. The number of hydrogen-bond acceptors (Lipinski definition) is 2. The highest BCUT2D eigenvalue weighted by Crippen LogP contribution is 2.40. The largest absolute Gasteiger partial charge is 0.478 e. The lowest BCUT2D eigenvalue weighted by Gasteiger charge is -2.38. The molecule has 0 spiro atoms. The van der Waals surface area contributed by atoms with Gasteiger partial charge in [-0.2, -0.15) is 0 Å². The summed E-state index contributed by atoms with van der Waals surface area (Å²) in [5.74, 6) is 0.873. The molecule has 1 unspecified atom stereocenters. The van der Waals surface area contributed by atoms with Gasteiger partial charge in [-0.15, -0.1) is 12.4 Å². The third kappa shape index (κ3) is 2.41. The Bertz CT molecular complexity index is 624. The molecule has 0 saturated heterocycles. The summed E-state index contributed by atoms with van der Waals surface area (Å²) in [5, 5.41) is 0.721. The Balaban J connectivity index is 0.00000147. The van der Waals surface area contributed by atoms with Crippen LogP contribution in [-0.4, -0.2) is 30.1 Å². The predicted molar refractivity (Wildman–Crippen MR) is 84.6 cm³/mol. The second-order valence-corrected chi connectivity index (χ2v) is 5.88. The van der Waals surface area contributed by atoms with Gasteiger partial charge in [0.25, 0.3) is 0 Å². The second kappa shape index (κ2) is 5.32. The highest BCUT2D eigenvalue weighted by atomic mass is 35.5. The van der Waals surface area contributed by atoms with Gasteiger partial charge in [0, 0.05) is 17.8 Å². The molecule has 1 aliphatic heterocycles. The lowest BCUT2D eigenvalue weighted by molar-refractivity contribution is 0.0435. The van der Waals surface area contributed by atoms with Crippen LogP contribution in [0.4, 0.5) is 0 Å². The van der Waals surface area contributed by atoms with Crippen molar-refractivity contribution >= 4 is 24.0 Å². The molecule has 2 aromatic rings. The van der Waals surface area contributed by atoms with Crippen LogP contribution in [0, 0.1) is 0 Å². The Kier molecular flexibility index (Phi) is 4.05. The number of rotatable bonds is 2. The Hall–Kier alpha value is -1.16. The van der Waals surface area contributed by atoms with Crippen LogP contribution in [0.25, 0.3) is 5.69 Å². The van der Waals surface area contributed by atoms with E-state index in [1.54, 1.807) is 0 Å². The van der Waals surface area contributed by atoms with E-state index in [0.29, 0.717) is 0 Å². The molecule has 5 heteroatoms. The molecule has 0 N–H and O–H groups in total. The Morgan fingerprint density at radius 3 is 2.75 bits per heavy atom. The smallest absolute Gasteiger partial charge is 0.159 e. The zero-order chi connectivity index (χ0) is 13.6. The first-order chi connectivity index (χ1) is 8.99. The van der Waals surface area contributed by atoms with Gasteiger partial charge >= 0.3 is 0 Å². The quantitative estimate of drug-likeness (QED) is 0.841. The zero-order valence-corrected chi connectivity index (χ0v) is 13.3. The molecule has 2 heterocycles. The average molecular weight is 313 g/mol. The predicted octanol–water partition coefficient (Wildman–Crippen LogP) is 3.72. The summed E-state index contributed by atoms with van der Waals surface area (Å²) < 4.78 is 8.41. The van der Waals surface area contributed by atoms with Crippen LogP contribution in [0.1, 0.15) is 12.6 Å². The summed E-state index contributed by atoms with van der Waals surface area (Å²) in [5.41, 5.74) is 1.80. The van der Waals surface area contributed by atoms with Crippen molar-refractivity contribution in [1.29, 1.82) is 0 Å². The van der Waals surface area contributed by atoms with E-state index in [2.05, 4.69) is 42.7 Å². The number of nitrogens with zero attached hydrogens (tertiary/aromatic N) is 2. The van der Waals surface area contributed by atoms with Gasteiger partial charge in [-0.05, 0) is 51.4 Å². The number of benzene rings is 1. The molecular weight excluding hydrogens is 295 g/mol. The van der Waals surface area contributed by atoms with Crippen molar-refractivity contribution in [3.63, 3.8) is 0 Å². The maximum Gasteiger partial charge on any atom is 0.159 e. The molecule has 0 amide bonds. The average Bonchev–Trinajstić information content (AvgIpc) is 2.79. The van der Waals surface area contributed by atoms with E-state index in [-0.39, 0.29) is 18.0 Å². The fraction of sp³-hybridized carbons (Fsp3) is 0.333. The fourth-order valence-electron chi connectivity index (χ4n) is 2.80. The van der Waals surface area contributed by atoms with E-state index < -0.39 is 0 Å². The van der Waals surface area contributed by atoms with E-state index in [1.807, 2.05) is 24.3 Å². The first-order valence-corrected chi connectivity index (χ1v) is 6.69. The van der Waals surface area contributed by atoms with E-state index >= 15 is 0 Å². The van der Waals surface area contributed by atoms with Gasteiger partial charge < -0.3 is 14.2 Å². The molecular formula is C15H18Cl2N2O. The van der Waals surface area contributed by atoms with Crippen molar-refractivity contribution in [2.45, 2.75) is 12.5 Å². The van der Waals surface area contributed by atoms with Gasteiger partial charge in [0.05, 0.1) is 11.4 Å². The van der Waals surface area contributed by atoms with E-state index in [1.165, 1.54) is 0 Å². The molecule has 0 radical (unpaired) electrons. The monoisotopic (exact) mass is 312 g/mol. The number of fused-ring (bicyclic) bond motifs is 3. The first-order valence-electron chi connectivity index (χ1n) is 6.31. The Morgan fingerprint density at radius 1 is 1.30 bits per heavy atom. The number of halogens is 2. The van der Waals surface area contributed by atoms with Crippen LogP contribution in [0.3, 0.4) is 0 Å². The zero-order valence-electron chi connectivity index (χ0n) is 11.8. The fourth-order valence-corrected chi connectivity index (χ4v) is 2.97. The summed E-state index contributed by atoms with van der Waals surface area (Å²) in [6.45, 7) is 2.94. The molecule has 1 aromatic heterocycles. The third-order valence-corrected chi connectivity index (χ3v) is 3.66. The second-order valence-electron chi connectivity index (χ2n) is 5.45. The first kappa shape index (κ1) is 15.2. The number of likely N-dealkylation sites (N-methyl/N-ethyl adjacent to an activating group) is 1. The highest BCUT2D eigenvalue weighted by Gasteiger charge is 2.37. The van der Waals surface area contributed by atoms with E-state index in [9.17, 15) is 0 Å². The van der Waals surface area contributed by atoms with Gasteiger partial charge in [-0.1, -0.05) is 11.6 Å². The summed E-state index contributed by atoms with van der Waals surface area (Å²) in [7, 11) is 4.11. The molecule has 1 atom stereocenters. The van der Waals surface area contributed by atoms with Crippen LogP contribution in [0.5, 0.6) is 5.75 Å². The van der Waals surface area contributed by atoms with E-state index in [4.69, 9.17) is 16.3 Å².